The van der Waals surface area contributed by atoms with Crippen LogP contribution in [0.3, 0.4) is 0 Å². The summed E-state index contributed by atoms with van der Waals surface area (Å²) in [5, 5.41) is 2.82. The molecular weight excluding hydrogens is 324 g/mol. The Morgan fingerprint density at radius 1 is 0.880 bits per heavy atom. The quantitative estimate of drug-likeness (QED) is 0.604. The molecule has 0 amide bonds. The van der Waals surface area contributed by atoms with Gasteiger partial charge in [0, 0.05) is 6.10 Å². The van der Waals surface area contributed by atoms with Gasteiger partial charge < -0.3 is 9.16 Å². The van der Waals surface area contributed by atoms with E-state index < -0.39 is 8.32 Å². The second-order valence-electron chi connectivity index (χ2n) is 8.51. The van der Waals surface area contributed by atoms with Gasteiger partial charge in [0.05, 0.1) is 12.7 Å². The molecular formula is C22H28O2Si. The molecule has 1 unspecified atom stereocenters. The summed E-state index contributed by atoms with van der Waals surface area (Å²) in [7, 11) is -2.37. The molecule has 2 nitrogen and oxygen atoms in total. The Bertz CT molecular complexity index is 658. The maximum absolute atomic E-state index is 7.10. The van der Waals surface area contributed by atoms with Crippen LogP contribution < -0.4 is 10.4 Å². The molecule has 1 atom stereocenters. The van der Waals surface area contributed by atoms with Crippen LogP contribution in [0.5, 0.6) is 0 Å². The second-order valence-corrected chi connectivity index (χ2v) is 12.8. The largest absolute Gasteiger partial charge is 0.404 e. The van der Waals surface area contributed by atoms with Crippen LogP contribution in [0.2, 0.25) is 5.04 Å². The summed E-state index contributed by atoms with van der Waals surface area (Å²) in [6, 6.07) is 21.9. The highest BCUT2D eigenvalue weighted by Gasteiger charge is 2.54. The number of hydrogen-bond acceptors (Lipinski definition) is 2. The maximum atomic E-state index is 7.10. The molecule has 132 valence electrons. The van der Waals surface area contributed by atoms with Crippen molar-refractivity contribution < 1.29 is 9.16 Å². The lowest BCUT2D eigenvalue weighted by Crippen LogP contribution is -2.68. The fraction of sp³-hybridized carbons (Fsp3) is 0.455. The molecule has 1 saturated carbocycles. The van der Waals surface area contributed by atoms with Crippen LogP contribution in [-0.2, 0) is 9.16 Å². The molecule has 0 bridgehead atoms. The van der Waals surface area contributed by atoms with Crippen molar-refractivity contribution in [3.8, 4) is 0 Å². The van der Waals surface area contributed by atoms with E-state index in [0.717, 1.165) is 19.4 Å². The lowest BCUT2D eigenvalue weighted by Gasteiger charge is -2.48. The van der Waals surface area contributed by atoms with E-state index in [1.54, 1.807) is 0 Å². The van der Waals surface area contributed by atoms with Gasteiger partial charge in [-0.25, -0.2) is 0 Å². The van der Waals surface area contributed by atoms with E-state index in [9.17, 15) is 0 Å². The van der Waals surface area contributed by atoms with Crippen molar-refractivity contribution in [2.45, 2.75) is 50.9 Å². The normalized spacial score (nSPS) is 26.1. The molecule has 3 heteroatoms. The van der Waals surface area contributed by atoms with Gasteiger partial charge in [0.1, 0.15) is 0 Å². The van der Waals surface area contributed by atoms with Gasteiger partial charge in [-0.2, -0.15) is 0 Å². The third-order valence-electron chi connectivity index (χ3n) is 5.78. The second kappa shape index (κ2) is 6.38. The third kappa shape index (κ3) is 3.09. The Hall–Kier alpha value is -1.42. The minimum Gasteiger partial charge on any atom is -0.404 e. The number of epoxide rings is 1. The van der Waals surface area contributed by atoms with Gasteiger partial charge in [-0.3, -0.25) is 0 Å². The Labute approximate surface area is 152 Å². The molecule has 1 aliphatic carbocycles. The van der Waals surface area contributed by atoms with Gasteiger partial charge in [-0.1, -0.05) is 81.4 Å². The van der Waals surface area contributed by atoms with Crippen molar-refractivity contribution in [3.05, 3.63) is 60.7 Å². The highest BCUT2D eigenvalue weighted by Crippen LogP contribution is 2.44. The molecule has 2 aromatic rings. The standard InChI is InChI=1S/C22H28O2Si/c1-22(2,3)25(19-10-6-4-7-11-19,20-12-8-5-9-13-20)24-18-14-17(15-18)21-16-23-21/h4-13,17-18,21H,14-16H2,1-3H3. The zero-order valence-corrected chi connectivity index (χ0v) is 16.4. The molecule has 0 spiro atoms. The van der Waals surface area contributed by atoms with Crippen LogP contribution in [0.1, 0.15) is 33.6 Å². The number of benzene rings is 2. The monoisotopic (exact) mass is 352 g/mol. The first-order valence-corrected chi connectivity index (χ1v) is 11.3. The van der Waals surface area contributed by atoms with Gasteiger partial charge >= 0.3 is 0 Å². The highest BCUT2D eigenvalue weighted by atomic mass is 28.4. The average molecular weight is 353 g/mol. The predicted octanol–water partition coefficient (Wildman–Crippen LogP) is 3.74. The summed E-state index contributed by atoms with van der Waals surface area (Å²) in [5.41, 5.74) is 0. The first-order chi connectivity index (χ1) is 12.0. The van der Waals surface area contributed by atoms with Crippen molar-refractivity contribution in [1.29, 1.82) is 0 Å². The average Bonchev–Trinajstić information content (AvgIpc) is 3.39. The Morgan fingerprint density at radius 2 is 1.36 bits per heavy atom. The van der Waals surface area contributed by atoms with Crippen LogP contribution in [0, 0.1) is 5.92 Å². The number of ether oxygens (including phenoxy) is 1. The van der Waals surface area contributed by atoms with Crippen molar-refractivity contribution in [3.63, 3.8) is 0 Å². The van der Waals surface area contributed by atoms with Crippen molar-refractivity contribution in [2.75, 3.05) is 6.61 Å². The van der Waals surface area contributed by atoms with Gasteiger partial charge in [-0.05, 0) is 34.2 Å². The van der Waals surface area contributed by atoms with E-state index in [1.807, 2.05) is 0 Å². The molecule has 0 N–H and O–H groups in total. The molecule has 1 saturated heterocycles. The molecule has 0 aromatic heterocycles. The summed E-state index contributed by atoms with van der Waals surface area (Å²) in [5.74, 6) is 0.711. The molecule has 2 fully saturated rings. The summed E-state index contributed by atoms with van der Waals surface area (Å²) >= 11 is 0. The topological polar surface area (TPSA) is 21.8 Å². The van der Waals surface area contributed by atoms with Crippen molar-refractivity contribution >= 4 is 18.7 Å². The summed E-state index contributed by atoms with van der Waals surface area (Å²) < 4.78 is 12.6. The maximum Gasteiger partial charge on any atom is 0.261 e. The Morgan fingerprint density at radius 3 is 1.76 bits per heavy atom. The van der Waals surface area contributed by atoms with Gasteiger partial charge in [0.25, 0.3) is 8.32 Å². The van der Waals surface area contributed by atoms with E-state index >= 15 is 0 Å². The van der Waals surface area contributed by atoms with Crippen molar-refractivity contribution in [1.82, 2.24) is 0 Å². The molecule has 25 heavy (non-hydrogen) atoms. The van der Waals surface area contributed by atoms with E-state index in [-0.39, 0.29) is 5.04 Å². The molecule has 1 heterocycles. The molecule has 2 aromatic carbocycles. The van der Waals surface area contributed by atoms with Crippen LogP contribution in [0.25, 0.3) is 0 Å². The lowest BCUT2D eigenvalue weighted by atomic mass is 9.80. The first kappa shape index (κ1) is 17.0. The van der Waals surface area contributed by atoms with E-state index in [2.05, 4.69) is 81.4 Å². The predicted molar refractivity (Wildman–Crippen MR) is 105 cm³/mol. The van der Waals surface area contributed by atoms with Gasteiger partial charge in [-0.15, -0.1) is 0 Å². The van der Waals surface area contributed by atoms with Crippen LogP contribution >= 0.6 is 0 Å². The van der Waals surface area contributed by atoms with Crippen LogP contribution in [0.15, 0.2) is 60.7 Å². The summed E-state index contributed by atoms with van der Waals surface area (Å²) in [6.07, 6.45) is 3.17. The van der Waals surface area contributed by atoms with Crippen molar-refractivity contribution in [2.24, 2.45) is 5.92 Å². The third-order valence-corrected chi connectivity index (χ3v) is 10.9. The van der Waals surface area contributed by atoms with Crippen LogP contribution in [-0.4, -0.2) is 27.1 Å². The number of rotatable bonds is 5. The zero-order valence-electron chi connectivity index (χ0n) is 15.4. The summed E-state index contributed by atoms with van der Waals surface area (Å²) in [6.45, 7) is 7.99. The SMILES string of the molecule is CC(C)(C)[Si](OC1CC(C2CO2)C1)(c1ccccc1)c1ccccc1. The van der Waals surface area contributed by atoms with Gasteiger partial charge in [0.15, 0.2) is 0 Å². The van der Waals surface area contributed by atoms with E-state index in [4.69, 9.17) is 9.16 Å². The molecule has 4 rings (SSSR count). The fourth-order valence-corrected chi connectivity index (χ4v) is 8.98. The Balaban J connectivity index is 1.73. The highest BCUT2D eigenvalue weighted by molar-refractivity contribution is 6.99. The lowest BCUT2D eigenvalue weighted by molar-refractivity contribution is 0.0419. The molecule has 0 radical (unpaired) electrons. The zero-order chi connectivity index (χ0) is 17.5. The summed E-state index contributed by atoms with van der Waals surface area (Å²) in [4.78, 5) is 0. The fourth-order valence-electron chi connectivity index (χ4n) is 4.28. The molecule has 1 aliphatic heterocycles. The van der Waals surface area contributed by atoms with E-state index in [0.29, 0.717) is 18.1 Å². The van der Waals surface area contributed by atoms with Gasteiger partial charge in [0.2, 0.25) is 0 Å². The van der Waals surface area contributed by atoms with E-state index in [1.165, 1.54) is 10.4 Å². The Kier molecular flexibility index (Phi) is 4.34. The molecule has 2 aliphatic rings. The number of hydrogen-bond donors (Lipinski definition) is 0. The first-order valence-electron chi connectivity index (χ1n) is 9.41. The smallest absolute Gasteiger partial charge is 0.261 e. The minimum atomic E-state index is -2.37. The minimum absolute atomic E-state index is 0.0663. The van der Waals surface area contributed by atoms with Crippen LogP contribution in [0.4, 0.5) is 0 Å².